The lowest BCUT2D eigenvalue weighted by molar-refractivity contribution is -0.370. The third kappa shape index (κ3) is 8.13. The first-order valence-electron chi connectivity index (χ1n) is 17.0. The summed E-state index contributed by atoms with van der Waals surface area (Å²) >= 11 is 0. The Hall–Kier alpha value is -3.62. The van der Waals surface area contributed by atoms with Gasteiger partial charge in [-0.25, -0.2) is 0 Å². The molecule has 16 nitrogen and oxygen atoms in total. The fourth-order valence-electron chi connectivity index (χ4n) is 6.62. The van der Waals surface area contributed by atoms with Gasteiger partial charge in [-0.1, -0.05) is 36.4 Å². The molecule has 4 aromatic rings. The quantitative estimate of drug-likeness (QED) is 0.0719. The van der Waals surface area contributed by atoms with Crippen molar-refractivity contribution in [1.82, 2.24) is 9.88 Å². The number of aromatic nitrogens is 1. The number of ether oxygens (including phenoxy) is 6. The molecule has 0 amide bonds. The van der Waals surface area contributed by atoms with Gasteiger partial charge in [0, 0.05) is 29.4 Å². The van der Waals surface area contributed by atoms with Crippen molar-refractivity contribution in [3.05, 3.63) is 66.7 Å². The van der Waals surface area contributed by atoms with Gasteiger partial charge in [-0.15, -0.1) is 0 Å². The van der Waals surface area contributed by atoms with Gasteiger partial charge in [-0.3, -0.25) is 4.90 Å². The second kappa shape index (κ2) is 16.6. The van der Waals surface area contributed by atoms with E-state index in [0.29, 0.717) is 17.2 Å². The molecule has 2 fully saturated rings. The number of H-pyrrole nitrogens is 1. The Balaban J connectivity index is 1.17. The monoisotopic (exact) mass is 730 g/mol. The zero-order chi connectivity index (χ0) is 37.0. The number of nitrogens with zero attached hydrogens (tertiary/aromatic N) is 1. The van der Waals surface area contributed by atoms with Gasteiger partial charge in [0.15, 0.2) is 17.8 Å². The minimum absolute atomic E-state index is 0.0577. The van der Waals surface area contributed by atoms with Crippen molar-refractivity contribution >= 4 is 21.8 Å². The maximum absolute atomic E-state index is 11.7. The zero-order valence-electron chi connectivity index (χ0n) is 28.5. The normalized spacial score (nSPS) is 30.1. The van der Waals surface area contributed by atoms with Crippen LogP contribution in [0, 0.1) is 0 Å². The van der Waals surface area contributed by atoms with Gasteiger partial charge in [0.1, 0.15) is 67.8 Å². The van der Waals surface area contributed by atoms with E-state index < -0.39 is 80.7 Å². The number of aliphatic hydroxyl groups excluding tert-OH is 7. The zero-order valence-corrected chi connectivity index (χ0v) is 28.5. The van der Waals surface area contributed by atoms with Crippen molar-refractivity contribution < 1.29 is 69.3 Å². The molecule has 9 N–H and O–H groups in total. The van der Waals surface area contributed by atoms with E-state index in [2.05, 4.69) is 4.98 Å². The van der Waals surface area contributed by atoms with E-state index in [1.54, 1.807) is 29.2 Å². The first-order chi connectivity index (χ1) is 25.0. The highest BCUT2D eigenvalue weighted by atomic mass is 16.7. The second-order valence-corrected chi connectivity index (χ2v) is 13.0. The van der Waals surface area contributed by atoms with E-state index in [1.165, 1.54) is 7.11 Å². The van der Waals surface area contributed by atoms with Crippen LogP contribution in [0.3, 0.4) is 0 Å². The Morgan fingerprint density at radius 1 is 0.885 bits per heavy atom. The highest BCUT2D eigenvalue weighted by molar-refractivity contribution is 6.10. The van der Waals surface area contributed by atoms with Crippen LogP contribution in [-0.4, -0.2) is 165 Å². The molecule has 6 rings (SSSR count). The SMILES string of the molecule is COc1ccccc1OCCN(C[C@@H](O)COc1cccc2[nH]c3ccccc3c12)CC1(O)OC[C@@H](O)[C@H](O[C@@H]2OC(CO)[C@H](O)[C@@H](O)C2O)C1O. The van der Waals surface area contributed by atoms with Crippen molar-refractivity contribution in [2.45, 2.75) is 60.9 Å². The van der Waals surface area contributed by atoms with Crippen molar-refractivity contribution in [2.75, 3.05) is 53.2 Å². The highest BCUT2D eigenvalue weighted by Gasteiger charge is 2.53. The number of aliphatic hydroxyl groups is 8. The van der Waals surface area contributed by atoms with E-state index >= 15 is 0 Å². The van der Waals surface area contributed by atoms with Crippen molar-refractivity contribution in [1.29, 1.82) is 0 Å². The topological polar surface area (TPSA) is 236 Å². The molecule has 284 valence electrons. The molecule has 0 saturated carbocycles. The number of nitrogens with one attached hydrogen (secondary N) is 1. The number of para-hydroxylation sites is 3. The summed E-state index contributed by atoms with van der Waals surface area (Å²) in [5, 5.41) is 87.2. The van der Waals surface area contributed by atoms with Gasteiger partial charge >= 0.3 is 0 Å². The number of rotatable bonds is 15. The molecule has 16 heteroatoms. The average molecular weight is 731 g/mol. The van der Waals surface area contributed by atoms with E-state index in [4.69, 9.17) is 28.4 Å². The summed E-state index contributed by atoms with van der Waals surface area (Å²) in [4.78, 5) is 4.94. The minimum Gasteiger partial charge on any atom is -0.493 e. The van der Waals surface area contributed by atoms with Crippen LogP contribution in [0.2, 0.25) is 0 Å². The van der Waals surface area contributed by atoms with Gasteiger partial charge in [0.05, 0.1) is 32.4 Å². The first-order valence-corrected chi connectivity index (χ1v) is 17.0. The van der Waals surface area contributed by atoms with E-state index in [1.807, 2.05) is 42.5 Å². The third-order valence-corrected chi connectivity index (χ3v) is 9.37. The smallest absolute Gasteiger partial charge is 0.207 e. The molecule has 0 spiro atoms. The summed E-state index contributed by atoms with van der Waals surface area (Å²) in [6.07, 6.45) is -14.4. The summed E-state index contributed by atoms with van der Waals surface area (Å²) < 4.78 is 34.0. The first kappa shape index (κ1) is 38.1. The number of methoxy groups -OCH3 is 1. The fraction of sp³-hybridized carbons (Fsp3) is 0.500. The lowest BCUT2D eigenvalue weighted by atomic mass is 9.95. The van der Waals surface area contributed by atoms with E-state index in [9.17, 15) is 40.9 Å². The van der Waals surface area contributed by atoms with E-state index in [-0.39, 0.29) is 26.3 Å². The maximum atomic E-state index is 11.7. The number of aromatic amines is 1. The summed E-state index contributed by atoms with van der Waals surface area (Å²) in [6.45, 7) is -1.71. The summed E-state index contributed by atoms with van der Waals surface area (Å²) in [6, 6.07) is 20.4. The molecule has 0 radical (unpaired) electrons. The predicted molar refractivity (Wildman–Crippen MR) is 184 cm³/mol. The average Bonchev–Trinajstić information content (AvgIpc) is 3.54. The molecule has 0 bridgehead atoms. The van der Waals surface area contributed by atoms with Crippen molar-refractivity contribution in [3.8, 4) is 17.2 Å². The van der Waals surface area contributed by atoms with Gasteiger partial charge < -0.3 is 74.3 Å². The number of hydrogen-bond acceptors (Lipinski definition) is 15. The maximum Gasteiger partial charge on any atom is 0.207 e. The number of hydrogen-bond donors (Lipinski definition) is 9. The van der Waals surface area contributed by atoms with Crippen LogP contribution in [-0.2, 0) is 14.2 Å². The van der Waals surface area contributed by atoms with Crippen LogP contribution in [0.1, 0.15) is 0 Å². The Morgan fingerprint density at radius 2 is 1.60 bits per heavy atom. The Labute approximate surface area is 298 Å². The van der Waals surface area contributed by atoms with E-state index in [0.717, 1.165) is 21.8 Å². The molecule has 4 unspecified atom stereocenters. The van der Waals surface area contributed by atoms with Crippen molar-refractivity contribution in [3.63, 3.8) is 0 Å². The molecule has 3 heterocycles. The van der Waals surface area contributed by atoms with Crippen LogP contribution in [0.5, 0.6) is 17.2 Å². The molecule has 2 aliphatic rings. The lowest BCUT2D eigenvalue weighted by Crippen LogP contribution is -2.68. The van der Waals surface area contributed by atoms with Crippen molar-refractivity contribution in [2.24, 2.45) is 0 Å². The predicted octanol–water partition coefficient (Wildman–Crippen LogP) is -0.924. The largest absolute Gasteiger partial charge is 0.493 e. The lowest BCUT2D eigenvalue weighted by Gasteiger charge is -2.47. The van der Waals surface area contributed by atoms with Gasteiger partial charge in [-0.05, 0) is 30.3 Å². The Kier molecular flexibility index (Phi) is 12.2. The third-order valence-electron chi connectivity index (χ3n) is 9.37. The fourth-order valence-corrected chi connectivity index (χ4v) is 6.62. The molecule has 10 atom stereocenters. The molecule has 0 aliphatic carbocycles. The summed E-state index contributed by atoms with van der Waals surface area (Å²) in [5.74, 6) is -0.865. The molecule has 52 heavy (non-hydrogen) atoms. The summed E-state index contributed by atoms with van der Waals surface area (Å²) in [5.41, 5.74) is 1.81. The second-order valence-electron chi connectivity index (χ2n) is 13.0. The Morgan fingerprint density at radius 3 is 2.37 bits per heavy atom. The molecule has 1 aromatic heterocycles. The van der Waals surface area contributed by atoms with Crippen LogP contribution in [0.25, 0.3) is 21.8 Å². The van der Waals surface area contributed by atoms with Crippen LogP contribution in [0.15, 0.2) is 66.7 Å². The molecule has 2 aliphatic heterocycles. The molecular weight excluding hydrogens is 684 g/mol. The number of fused-ring (bicyclic) bond motifs is 3. The standard InChI is InChI=1S/C36H46N2O14/c1-47-25-10-4-5-11-26(25)48-14-13-38(15-20(40)17-49-27-12-6-9-23-29(27)21-7-2-3-8-22(21)37-23)19-36(46)34(45)33(24(41)18-50-36)52-35-32(44)31(43)30(42)28(16-39)51-35/h2-12,20,24,28,30-35,37,39-46H,13-19H2,1H3/t20-,24-,28?,30+,31-,32?,33+,34?,35+,36?/m1/s1. The number of benzene rings is 3. The minimum atomic E-state index is -2.39. The Bertz CT molecular complexity index is 1760. The highest BCUT2D eigenvalue weighted by Crippen LogP contribution is 2.34. The molecule has 3 aromatic carbocycles. The van der Waals surface area contributed by atoms with Gasteiger partial charge in [0.25, 0.3) is 0 Å². The molecular formula is C36H46N2O14. The van der Waals surface area contributed by atoms with Gasteiger partial charge in [0.2, 0.25) is 5.79 Å². The molecule has 2 saturated heterocycles. The van der Waals surface area contributed by atoms with Crippen LogP contribution in [0.4, 0.5) is 0 Å². The van der Waals surface area contributed by atoms with Crippen LogP contribution < -0.4 is 14.2 Å². The van der Waals surface area contributed by atoms with Gasteiger partial charge in [-0.2, -0.15) is 0 Å². The summed E-state index contributed by atoms with van der Waals surface area (Å²) in [7, 11) is 1.51. The van der Waals surface area contributed by atoms with Crippen LogP contribution >= 0.6 is 0 Å².